The van der Waals surface area contributed by atoms with Gasteiger partial charge in [-0.15, -0.1) is 0 Å². The molecule has 1 heterocycles. The molecule has 2 aromatic rings. The molecule has 6 heteroatoms. The van der Waals surface area contributed by atoms with Gasteiger partial charge in [0.1, 0.15) is 5.75 Å². The summed E-state index contributed by atoms with van der Waals surface area (Å²) in [5.74, 6) is 0.789. The van der Waals surface area contributed by atoms with Gasteiger partial charge in [-0.2, -0.15) is 4.73 Å². The molecule has 0 saturated heterocycles. The Labute approximate surface area is 146 Å². The molecule has 1 N–H and O–H groups in total. The lowest BCUT2D eigenvalue weighted by Gasteiger charge is -2.23. The Hall–Kier alpha value is -2.27. The van der Waals surface area contributed by atoms with Gasteiger partial charge in [-0.1, -0.05) is 25.4 Å². The number of carbonyl (C=O) groups is 1. The Balaban J connectivity index is 2.30. The van der Waals surface area contributed by atoms with Crippen LogP contribution in [0.5, 0.6) is 5.75 Å². The molecule has 0 spiro atoms. The molecule has 1 amide bonds. The van der Waals surface area contributed by atoms with Gasteiger partial charge in [-0.25, -0.2) is 0 Å². The highest BCUT2D eigenvalue weighted by molar-refractivity contribution is 6.30. The van der Waals surface area contributed by atoms with Crippen LogP contribution in [-0.4, -0.2) is 13.0 Å². The fourth-order valence-electron chi connectivity index (χ4n) is 2.52. The van der Waals surface area contributed by atoms with Crippen LogP contribution in [0.4, 0.5) is 0 Å². The van der Waals surface area contributed by atoms with Crippen molar-refractivity contribution in [2.75, 3.05) is 7.11 Å². The van der Waals surface area contributed by atoms with Crippen molar-refractivity contribution in [1.82, 2.24) is 5.32 Å². The van der Waals surface area contributed by atoms with Crippen LogP contribution in [0.1, 0.15) is 42.2 Å². The quantitative estimate of drug-likeness (QED) is 0.641. The van der Waals surface area contributed by atoms with Gasteiger partial charge in [-0.05, 0) is 30.5 Å². The van der Waals surface area contributed by atoms with E-state index >= 15 is 0 Å². The van der Waals surface area contributed by atoms with Crippen molar-refractivity contribution in [3.05, 3.63) is 64.1 Å². The van der Waals surface area contributed by atoms with E-state index in [0.29, 0.717) is 27.0 Å². The van der Waals surface area contributed by atoms with Gasteiger partial charge in [0.15, 0.2) is 12.4 Å². The minimum Gasteiger partial charge on any atom is -0.619 e. The molecule has 1 aromatic carbocycles. The number of amides is 1. The third-order valence-electron chi connectivity index (χ3n) is 3.64. The maximum atomic E-state index is 12.5. The first-order valence-electron chi connectivity index (χ1n) is 7.74. The van der Waals surface area contributed by atoms with E-state index in [4.69, 9.17) is 16.3 Å². The lowest BCUT2D eigenvalue weighted by atomic mass is 9.96. The zero-order chi connectivity index (χ0) is 17.7. The minimum atomic E-state index is -0.247. The topological polar surface area (TPSA) is 65.3 Å². The summed E-state index contributed by atoms with van der Waals surface area (Å²) in [4.78, 5) is 12.5. The molecule has 0 aliphatic rings. The average Bonchev–Trinajstić information content (AvgIpc) is 2.54. The van der Waals surface area contributed by atoms with Crippen molar-refractivity contribution in [1.29, 1.82) is 0 Å². The standard InChI is InChI=1S/C18H21ClN2O3/c1-12(2)10-16(15-11-14(19)4-5-17(15)24-3)20-18(22)13-6-8-21(23)9-7-13/h4-9,11-12,16H,10H2,1-3H3,(H,20,22)/t16-/m0/s1. The minimum absolute atomic E-state index is 0.245. The predicted octanol–water partition coefficient (Wildman–Crippen LogP) is 3.50. The van der Waals surface area contributed by atoms with E-state index in [-0.39, 0.29) is 11.9 Å². The van der Waals surface area contributed by atoms with Gasteiger partial charge in [0.2, 0.25) is 0 Å². The molecule has 0 aliphatic heterocycles. The summed E-state index contributed by atoms with van der Waals surface area (Å²) in [6.07, 6.45) is 3.33. The van der Waals surface area contributed by atoms with Gasteiger partial charge in [0.05, 0.1) is 18.7 Å². The van der Waals surface area contributed by atoms with Crippen LogP contribution < -0.4 is 14.8 Å². The number of ether oxygens (including phenoxy) is 1. The van der Waals surface area contributed by atoms with E-state index in [0.717, 1.165) is 12.0 Å². The molecule has 0 fully saturated rings. The Bertz CT molecular complexity index is 702. The third-order valence-corrected chi connectivity index (χ3v) is 3.88. The summed E-state index contributed by atoms with van der Waals surface area (Å²) in [5.41, 5.74) is 1.26. The largest absolute Gasteiger partial charge is 0.619 e. The Morgan fingerprint density at radius 1 is 1.29 bits per heavy atom. The lowest BCUT2D eigenvalue weighted by Crippen LogP contribution is -2.31. The first kappa shape index (κ1) is 18.1. The predicted molar refractivity (Wildman–Crippen MR) is 93.1 cm³/mol. The fourth-order valence-corrected chi connectivity index (χ4v) is 2.70. The van der Waals surface area contributed by atoms with Crippen LogP contribution in [0.15, 0.2) is 42.7 Å². The number of nitrogens with zero attached hydrogens (tertiary/aromatic N) is 1. The Kier molecular flexibility index (Phi) is 6.04. The van der Waals surface area contributed by atoms with Crippen molar-refractivity contribution in [2.45, 2.75) is 26.3 Å². The van der Waals surface area contributed by atoms with E-state index in [9.17, 15) is 10.0 Å². The maximum Gasteiger partial charge on any atom is 0.252 e. The summed E-state index contributed by atoms with van der Waals surface area (Å²) in [6, 6.07) is 8.09. The highest BCUT2D eigenvalue weighted by Crippen LogP contribution is 2.32. The zero-order valence-corrected chi connectivity index (χ0v) is 14.7. The monoisotopic (exact) mass is 348 g/mol. The van der Waals surface area contributed by atoms with Crippen LogP contribution in [0.2, 0.25) is 5.02 Å². The van der Waals surface area contributed by atoms with Gasteiger partial charge >= 0.3 is 0 Å². The number of benzene rings is 1. The van der Waals surface area contributed by atoms with Crippen molar-refractivity contribution in [3.63, 3.8) is 0 Å². The number of pyridine rings is 1. The molecule has 5 nitrogen and oxygen atoms in total. The normalized spacial score (nSPS) is 12.0. The molecule has 128 valence electrons. The molecule has 24 heavy (non-hydrogen) atoms. The zero-order valence-electron chi connectivity index (χ0n) is 14.0. The van der Waals surface area contributed by atoms with Gasteiger partial charge in [0, 0.05) is 22.7 Å². The molecule has 0 aliphatic carbocycles. The van der Waals surface area contributed by atoms with Crippen LogP contribution >= 0.6 is 11.6 Å². The molecular weight excluding hydrogens is 328 g/mol. The van der Waals surface area contributed by atoms with Crippen molar-refractivity contribution in [3.8, 4) is 5.75 Å². The van der Waals surface area contributed by atoms with Crippen molar-refractivity contribution < 1.29 is 14.3 Å². The summed E-state index contributed by atoms with van der Waals surface area (Å²) < 4.78 is 6.05. The van der Waals surface area contributed by atoms with Gasteiger partial charge in [-0.3, -0.25) is 4.79 Å². The number of hydrogen-bond donors (Lipinski definition) is 1. The number of hydrogen-bond acceptors (Lipinski definition) is 3. The van der Waals surface area contributed by atoms with Crippen LogP contribution in [0, 0.1) is 11.1 Å². The third kappa shape index (κ3) is 4.61. The number of halogens is 1. The number of rotatable bonds is 6. The molecule has 0 unspecified atom stereocenters. The average molecular weight is 349 g/mol. The molecule has 1 atom stereocenters. The molecule has 1 aromatic heterocycles. The Morgan fingerprint density at radius 3 is 2.54 bits per heavy atom. The summed E-state index contributed by atoms with van der Waals surface area (Å²) in [7, 11) is 1.59. The molecule has 2 rings (SSSR count). The van der Waals surface area contributed by atoms with Crippen LogP contribution in [-0.2, 0) is 0 Å². The first-order valence-corrected chi connectivity index (χ1v) is 8.11. The molecular formula is C18H21ClN2O3. The second-order valence-electron chi connectivity index (χ2n) is 5.99. The van der Waals surface area contributed by atoms with E-state index in [2.05, 4.69) is 19.2 Å². The second kappa shape index (κ2) is 8.02. The van der Waals surface area contributed by atoms with E-state index in [1.807, 2.05) is 6.07 Å². The second-order valence-corrected chi connectivity index (χ2v) is 6.43. The summed E-state index contributed by atoms with van der Waals surface area (Å²) >= 11 is 6.12. The first-order chi connectivity index (χ1) is 11.4. The number of nitrogens with one attached hydrogen (secondary N) is 1. The van der Waals surface area contributed by atoms with E-state index < -0.39 is 0 Å². The van der Waals surface area contributed by atoms with Crippen LogP contribution in [0.3, 0.4) is 0 Å². The van der Waals surface area contributed by atoms with Gasteiger partial charge in [0.25, 0.3) is 5.91 Å². The van der Waals surface area contributed by atoms with Crippen molar-refractivity contribution in [2.24, 2.45) is 5.92 Å². The molecule has 0 bridgehead atoms. The Morgan fingerprint density at radius 2 is 1.96 bits per heavy atom. The number of carbonyl (C=O) groups excluding carboxylic acids is 1. The maximum absolute atomic E-state index is 12.5. The summed E-state index contributed by atoms with van der Waals surface area (Å²) in [5, 5.41) is 14.7. The molecule has 0 radical (unpaired) electrons. The highest BCUT2D eigenvalue weighted by atomic mass is 35.5. The van der Waals surface area contributed by atoms with E-state index in [1.165, 1.54) is 24.5 Å². The van der Waals surface area contributed by atoms with Gasteiger partial charge < -0.3 is 15.3 Å². The number of aromatic nitrogens is 1. The highest BCUT2D eigenvalue weighted by Gasteiger charge is 2.21. The molecule has 0 saturated carbocycles. The smallest absolute Gasteiger partial charge is 0.252 e. The van der Waals surface area contributed by atoms with Crippen molar-refractivity contribution >= 4 is 17.5 Å². The fraction of sp³-hybridized carbons (Fsp3) is 0.333. The summed E-state index contributed by atoms with van der Waals surface area (Å²) in [6.45, 7) is 4.16. The van der Waals surface area contributed by atoms with E-state index in [1.54, 1.807) is 19.2 Å². The SMILES string of the molecule is COc1ccc(Cl)cc1[C@H](CC(C)C)NC(=O)c1cc[n+]([O-])cc1. The number of methoxy groups -OCH3 is 1. The van der Waals surface area contributed by atoms with Crippen LogP contribution in [0.25, 0.3) is 0 Å². The lowest BCUT2D eigenvalue weighted by molar-refractivity contribution is -0.605.